The van der Waals surface area contributed by atoms with Crippen molar-refractivity contribution in [2.24, 2.45) is 7.05 Å². The maximum atomic E-state index is 13.9. The van der Waals surface area contributed by atoms with Gasteiger partial charge in [-0.3, -0.25) is 4.68 Å². The summed E-state index contributed by atoms with van der Waals surface area (Å²) in [6.45, 7) is 1.70. The van der Waals surface area contributed by atoms with Crippen LogP contribution in [0.4, 0.5) is 4.39 Å². The minimum atomic E-state index is -1.16. The first-order valence-corrected chi connectivity index (χ1v) is 5.51. The van der Waals surface area contributed by atoms with Gasteiger partial charge in [0.25, 0.3) is 0 Å². The molecule has 1 N–H and O–H groups in total. The van der Waals surface area contributed by atoms with Gasteiger partial charge >= 0.3 is 5.97 Å². The van der Waals surface area contributed by atoms with E-state index >= 15 is 0 Å². The fraction of sp³-hybridized carbons (Fsp3) is 0.167. The second-order valence-corrected chi connectivity index (χ2v) is 4.33. The summed E-state index contributed by atoms with van der Waals surface area (Å²) in [4.78, 5) is 10.8. The van der Waals surface area contributed by atoms with Crippen molar-refractivity contribution in [2.75, 3.05) is 0 Å². The van der Waals surface area contributed by atoms with Gasteiger partial charge in [-0.05, 0) is 30.7 Å². The van der Waals surface area contributed by atoms with E-state index in [1.165, 1.54) is 22.9 Å². The third-order valence-electron chi connectivity index (χ3n) is 2.62. The molecule has 4 nitrogen and oxygen atoms in total. The van der Waals surface area contributed by atoms with E-state index in [1.54, 1.807) is 14.0 Å². The maximum absolute atomic E-state index is 13.9. The first-order chi connectivity index (χ1) is 8.40. The molecule has 1 aromatic carbocycles. The number of aromatic carboxylic acids is 1. The van der Waals surface area contributed by atoms with E-state index < -0.39 is 11.8 Å². The van der Waals surface area contributed by atoms with Gasteiger partial charge in [0.2, 0.25) is 0 Å². The Hall–Kier alpha value is -1.88. The van der Waals surface area contributed by atoms with Gasteiger partial charge in [-0.15, -0.1) is 0 Å². The van der Waals surface area contributed by atoms with Crippen molar-refractivity contribution in [3.05, 3.63) is 40.3 Å². The Balaban J connectivity index is 2.62. The number of nitrogens with zero attached hydrogens (tertiary/aromatic N) is 2. The second-order valence-electron chi connectivity index (χ2n) is 3.92. The van der Waals surface area contributed by atoms with Crippen molar-refractivity contribution >= 4 is 17.6 Å². The Morgan fingerprint density at radius 3 is 2.67 bits per heavy atom. The molecule has 94 valence electrons. The number of carbonyl (C=O) groups is 1. The van der Waals surface area contributed by atoms with Crippen molar-refractivity contribution < 1.29 is 14.3 Å². The summed E-state index contributed by atoms with van der Waals surface area (Å²) in [5.74, 6) is -1.62. The van der Waals surface area contributed by atoms with Crippen molar-refractivity contribution in [1.82, 2.24) is 9.78 Å². The summed E-state index contributed by atoms with van der Waals surface area (Å²) < 4.78 is 15.2. The SMILES string of the molecule is Cc1cc(F)c(-c2cc(C(=O)O)nn2C)cc1Cl. The Kier molecular flexibility index (Phi) is 3.09. The van der Waals surface area contributed by atoms with Crippen molar-refractivity contribution in [1.29, 1.82) is 0 Å². The maximum Gasteiger partial charge on any atom is 0.356 e. The van der Waals surface area contributed by atoms with Crippen LogP contribution < -0.4 is 0 Å². The molecule has 0 atom stereocenters. The Morgan fingerprint density at radius 2 is 2.11 bits per heavy atom. The van der Waals surface area contributed by atoms with Crippen LogP contribution in [0.15, 0.2) is 18.2 Å². The van der Waals surface area contributed by atoms with Crippen LogP contribution in [0.1, 0.15) is 16.1 Å². The average molecular weight is 269 g/mol. The quantitative estimate of drug-likeness (QED) is 0.911. The highest BCUT2D eigenvalue weighted by Gasteiger charge is 2.16. The zero-order chi connectivity index (χ0) is 13.4. The van der Waals surface area contributed by atoms with Crippen LogP contribution in [0.3, 0.4) is 0 Å². The number of hydrogen-bond donors (Lipinski definition) is 1. The van der Waals surface area contributed by atoms with E-state index in [1.807, 2.05) is 0 Å². The lowest BCUT2D eigenvalue weighted by Crippen LogP contribution is -1.99. The Labute approximate surface area is 108 Å². The molecule has 0 saturated carbocycles. The molecule has 0 radical (unpaired) electrons. The molecule has 1 aromatic heterocycles. The lowest BCUT2D eigenvalue weighted by atomic mass is 10.1. The van der Waals surface area contributed by atoms with E-state index in [9.17, 15) is 9.18 Å². The van der Waals surface area contributed by atoms with E-state index in [2.05, 4.69) is 5.10 Å². The van der Waals surface area contributed by atoms with Gasteiger partial charge in [-0.2, -0.15) is 5.10 Å². The molecule has 0 fully saturated rings. The smallest absolute Gasteiger partial charge is 0.356 e. The van der Waals surface area contributed by atoms with E-state index in [0.29, 0.717) is 16.3 Å². The zero-order valence-electron chi connectivity index (χ0n) is 9.74. The van der Waals surface area contributed by atoms with Gasteiger partial charge < -0.3 is 5.11 Å². The fourth-order valence-corrected chi connectivity index (χ4v) is 1.83. The summed E-state index contributed by atoms with van der Waals surface area (Å²) in [5, 5.41) is 13.0. The van der Waals surface area contributed by atoms with Gasteiger partial charge in [0.05, 0.1) is 5.69 Å². The predicted molar refractivity (Wildman–Crippen MR) is 65.3 cm³/mol. The molecule has 0 spiro atoms. The first kappa shape index (κ1) is 12.6. The molecule has 0 amide bonds. The van der Waals surface area contributed by atoms with Crippen LogP contribution in [0.5, 0.6) is 0 Å². The van der Waals surface area contributed by atoms with Crippen molar-refractivity contribution in [2.45, 2.75) is 6.92 Å². The van der Waals surface area contributed by atoms with E-state index in [4.69, 9.17) is 16.7 Å². The highest BCUT2D eigenvalue weighted by molar-refractivity contribution is 6.31. The third kappa shape index (κ3) is 2.09. The molecule has 0 saturated heterocycles. The fourth-order valence-electron chi connectivity index (χ4n) is 1.67. The van der Waals surface area contributed by atoms with Crippen LogP contribution >= 0.6 is 11.6 Å². The predicted octanol–water partition coefficient (Wildman–Crippen LogP) is 2.89. The van der Waals surface area contributed by atoms with Gasteiger partial charge in [-0.25, -0.2) is 9.18 Å². The molecular weight excluding hydrogens is 259 g/mol. The van der Waals surface area contributed by atoms with Crippen LogP contribution in [0.2, 0.25) is 5.02 Å². The Bertz CT molecular complexity index is 637. The highest BCUT2D eigenvalue weighted by atomic mass is 35.5. The number of halogens is 2. The van der Waals surface area contributed by atoms with Crippen LogP contribution in [0.25, 0.3) is 11.3 Å². The number of aromatic nitrogens is 2. The largest absolute Gasteiger partial charge is 0.476 e. The molecule has 2 aromatic rings. The van der Waals surface area contributed by atoms with Crippen LogP contribution in [-0.2, 0) is 7.05 Å². The van der Waals surface area contributed by atoms with Crippen molar-refractivity contribution in [3.8, 4) is 11.3 Å². The lowest BCUT2D eigenvalue weighted by Gasteiger charge is -2.06. The van der Waals surface area contributed by atoms with E-state index in [0.717, 1.165) is 0 Å². The third-order valence-corrected chi connectivity index (χ3v) is 3.03. The minimum absolute atomic E-state index is 0.136. The number of carboxylic acids is 1. The normalized spacial score (nSPS) is 10.7. The highest BCUT2D eigenvalue weighted by Crippen LogP contribution is 2.28. The topological polar surface area (TPSA) is 55.1 Å². The number of rotatable bonds is 2. The molecule has 1 heterocycles. The molecule has 0 bridgehead atoms. The summed E-state index contributed by atoms with van der Waals surface area (Å²) in [6.07, 6.45) is 0. The number of hydrogen-bond acceptors (Lipinski definition) is 2. The zero-order valence-corrected chi connectivity index (χ0v) is 10.5. The van der Waals surface area contributed by atoms with Gasteiger partial charge in [0, 0.05) is 17.6 Å². The monoisotopic (exact) mass is 268 g/mol. The minimum Gasteiger partial charge on any atom is -0.476 e. The molecule has 2 rings (SSSR count). The average Bonchev–Trinajstić information content (AvgIpc) is 2.66. The van der Waals surface area contributed by atoms with Crippen LogP contribution in [0, 0.1) is 12.7 Å². The van der Waals surface area contributed by atoms with Crippen LogP contribution in [-0.4, -0.2) is 20.9 Å². The van der Waals surface area contributed by atoms with Gasteiger partial charge in [0.15, 0.2) is 5.69 Å². The summed E-state index contributed by atoms with van der Waals surface area (Å²) in [5.41, 5.74) is 1.09. The number of aryl methyl sites for hydroxylation is 2. The van der Waals surface area contributed by atoms with E-state index in [-0.39, 0.29) is 11.3 Å². The van der Waals surface area contributed by atoms with Crippen molar-refractivity contribution in [3.63, 3.8) is 0 Å². The molecule has 0 aliphatic carbocycles. The molecular formula is C12H10ClFN2O2. The number of benzene rings is 1. The molecule has 0 unspecified atom stereocenters. The summed E-state index contributed by atoms with van der Waals surface area (Å²) in [6, 6.07) is 4.09. The molecule has 0 aliphatic heterocycles. The lowest BCUT2D eigenvalue weighted by molar-refractivity contribution is 0.0689. The summed E-state index contributed by atoms with van der Waals surface area (Å²) >= 11 is 5.94. The first-order valence-electron chi connectivity index (χ1n) is 5.13. The molecule has 18 heavy (non-hydrogen) atoms. The molecule has 6 heteroatoms. The standard InChI is InChI=1S/C12H10ClFN2O2/c1-6-3-9(14)7(4-8(6)13)11-5-10(12(17)18)15-16(11)2/h3-5H,1-2H3,(H,17,18). The van der Waals surface area contributed by atoms with Gasteiger partial charge in [-0.1, -0.05) is 11.6 Å². The van der Waals surface area contributed by atoms with Gasteiger partial charge in [0.1, 0.15) is 5.82 Å². The number of carboxylic acid groups (broad SMARTS) is 1. The summed E-state index contributed by atoms with van der Waals surface area (Å²) in [7, 11) is 1.55. The second kappa shape index (κ2) is 4.42. The Morgan fingerprint density at radius 1 is 1.44 bits per heavy atom. The molecule has 0 aliphatic rings.